The molecular weight excluding hydrogens is 425 g/mol. The van der Waals surface area contributed by atoms with Crippen LogP contribution in [0.2, 0.25) is 0 Å². The SMILES string of the molecule is CCCCCCCCCCCC/C=C(/OC(=O)C(C)c1ccc(CC(C)C)cc1)C(F)(F)F. The summed E-state index contributed by atoms with van der Waals surface area (Å²) in [5, 5.41) is 0. The molecule has 0 amide bonds. The number of rotatable bonds is 16. The number of esters is 1. The molecule has 0 saturated carbocycles. The number of allylic oxidation sites excluding steroid dienone is 2. The second-order valence-electron chi connectivity index (χ2n) is 9.52. The molecule has 0 aliphatic carbocycles. The number of carbonyl (C=O) groups excluding carboxylic acids is 1. The van der Waals surface area contributed by atoms with E-state index in [1.807, 2.05) is 12.1 Å². The van der Waals surface area contributed by atoms with Crippen molar-refractivity contribution in [1.29, 1.82) is 0 Å². The highest BCUT2D eigenvalue weighted by Crippen LogP contribution is 2.30. The zero-order valence-corrected chi connectivity index (χ0v) is 21.0. The lowest BCUT2D eigenvalue weighted by molar-refractivity contribution is -0.161. The molecule has 188 valence electrons. The standard InChI is InChI=1S/C28H43F3O2/c1-5-6-7-8-9-10-11-12-13-14-15-16-26(28(29,30)31)33-27(32)23(4)25-19-17-24(18-20-25)21-22(2)3/h16-20,22-23H,5-15,21H2,1-4H3/b26-16+. The Morgan fingerprint density at radius 2 is 1.39 bits per heavy atom. The molecule has 1 unspecified atom stereocenters. The minimum Gasteiger partial charge on any atom is -0.421 e. The molecule has 0 N–H and O–H groups in total. The van der Waals surface area contributed by atoms with Crippen LogP contribution in [0.3, 0.4) is 0 Å². The van der Waals surface area contributed by atoms with Crippen molar-refractivity contribution in [1.82, 2.24) is 0 Å². The molecular formula is C28H43F3O2. The lowest BCUT2D eigenvalue weighted by atomic mass is 9.97. The molecule has 0 spiro atoms. The van der Waals surface area contributed by atoms with Gasteiger partial charge in [0.1, 0.15) is 0 Å². The Morgan fingerprint density at radius 1 is 0.879 bits per heavy atom. The van der Waals surface area contributed by atoms with Gasteiger partial charge in [0.05, 0.1) is 5.92 Å². The molecule has 0 radical (unpaired) electrons. The highest BCUT2D eigenvalue weighted by Gasteiger charge is 2.38. The van der Waals surface area contributed by atoms with Crippen molar-refractivity contribution >= 4 is 5.97 Å². The highest BCUT2D eigenvalue weighted by molar-refractivity contribution is 5.78. The first-order chi connectivity index (χ1) is 15.6. The number of benzene rings is 1. The molecule has 5 heteroatoms. The van der Waals surface area contributed by atoms with Gasteiger partial charge in [-0.05, 0) is 49.3 Å². The quantitative estimate of drug-likeness (QED) is 0.137. The van der Waals surface area contributed by atoms with Crippen LogP contribution < -0.4 is 0 Å². The summed E-state index contributed by atoms with van der Waals surface area (Å²) in [5.74, 6) is -2.32. The lowest BCUT2D eigenvalue weighted by Crippen LogP contribution is -2.21. The first-order valence-corrected chi connectivity index (χ1v) is 12.7. The van der Waals surface area contributed by atoms with Gasteiger partial charge >= 0.3 is 12.1 Å². The van der Waals surface area contributed by atoms with Gasteiger partial charge in [-0.2, -0.15) is 13.2 Å². The van der Waals surface area contributed by atoms with Gasteiger partial charge in [-0.3, -0.25) is 4.79 Å². The molecule has 0 saturated heterocycles. The predicted molar refractivity (Wildman–Crippen MR) is 130 cm³/mol. The maximum absolute atomic E-state index is 13.4. The molecule has 0 aromatic heterocycles. The molecule has 0 aliphatic heterocycles. The highest BCUT2D eigenvalue weighted by atomic mass is 19.4. The minimum atomic E-state index is -4.67. The Labute approximate surface area is 199 Å². The zero-order valence-electron chi connectivity index (χ0n) is 21.0. The summed E-state index contributed by atoms with van der Waals surface area (Å²) >= 11 is 0. The second-order valence-corrected chi connectivity index (χ2v) is 9.52. The third-order valence-corrected chi connectivity index (χ3v) is 5.85. The van der Waals surface area contributed by atoms with Crippen molar-refractivity contribution in [2.75, 3.05) is 0 Å². The summed E-state index contributed by atoms with van der Waals surface area (Å²) in [4.78, 5) is 12.4. The van der Waals surface area contributed by atoms with Crippen molar-refractivity contribution < 1.29 is 22.7 Å². The van der Waals surface area contributed by atoms with Crippen LogP contribution in [0.15, 0.2) is 36.1 Å². The van der Waals surface area contributed by atoms with E-state index in [1.165, 1.54) is 38.5 Å². The smallest absolute Gasteiger partial charge is 0.421 e. The van der Waals surface area contributed by atoms with Gasteiger partial charge in [0.15, 0.2) is 0 Å². The van der Waals surface area contributed by atoms with Crippen LogP contribution in [0.1, 0.15) is 115 Å². The summed E-state index contributed by atoms with van der Waals surface area (Å²) in [5.41, 5.74) is 1.80. The molecule has 0 fully saturated rings. The molecule has 0 aliphatic rings. The van der Waals surface area contributed by atoms with Crippen LogP contribution in [0.4, 0.5) is 13.2 Å². The third kappa shape index (κ3) is 12.9. The summed E-state index contributed by atoms with van der Waals surface area (Å²) in [7, 11) is 0. The molecule has 0 bridgehead atoms. The summed E-state index contributed by atoms with van der Waals surface area (Å²) in [6.07, 6.45) is 8.80. The number of hydrogen-bond donors (Lipinski definition) is 0. The average molecular weight is 469 g/mol. The molecule has 0 heterocycles. The van der Waals surface area contributed by atoms with E-state index in [9.17, 15) is 18.0 Å². The molecule has 1 atom stereocenters. The molecule has 1 aromatic carbocycles. The molecule has 2 nitrogen and oxygen atoms in total. The molecule has 33 heavy (non-hydrogen) atoms. The number of ether oxygens (including phenoxy) is 1. The van der Waals surface area contributed by atoms with Crippen LogP contribution in [-0.2, 0) is 16.0 Å². The van der Waals surface area contributed by atoms with Crippen LogP contribution in [0.25, 0.3) is 0 Å². The van der Waals surface area contributed by atoms with Crippen LogP contribution in [-0.4, -0.2) is 12.1 Å². The van der Waals surface area contributed by atoms with Gasteiger partial charge in [0, 0.05) is 0 Å². The second kappa shape index (κ2) is 16.0. The monoisotopic (exact) mass is 468 g/mol. The fraction of sp³-hybridized carbons (Fsp3) is 0.679. The zero-order chi connectivity index (χ0) is 24.7. The molecule has 1 aromatic rings. The number of hydrogen-bond acceptors (Lipinski definition) is 2. The van der Waals surface area contributed by atoms with Crippen molar-refractivity contribution in [3.05, 3.63) is 47.2 Å². The Morgan fingerprint density at radius 3 is 1.88 bits per heavy atom. The topological polar surface area (TPSA) is 26.3 Å². The van der Waals surface area contributed by atoms with Gasteiger partial charge in [0.25, 0.3) is 0 Å². The fourth-order valence-electron chi connectivity index (χ4n) is 3.83. The normalized spacial score (nSPS) is 13.4. The van der Waals surface area contributed by atoms with Crippen molar-refractivity contribution in [2.45, 2.75) is 117 Å². The Hall–Kier alpha value is -1.78. The van der Waals surface area contributed by atoms with Crippen molar-refractivity contribution in [3.63, 3.8) is 0 Å². The third-order valence-electron chi connectivity index (χ3n) is 5.85. The average Bonchev–Trinajstić information content (AvgIpc) is 2.75. The number of unbranched alkanes of at least 4 members (excludes halogenated alkanes) is 10. The Kier molecular flexibility index (Phi) is 14.1. The van der Waals surface area contributed by atoms with Crippen LogP contribution in [0, 0.1) is 5.92 Å². The largest absolute Gasteiger partial charge is 0.449 e. The first kappa shape index (κ1) is 29.3. The Balaban J connectivity index is 2.47. The summed E-state index contributed by atoms with van der Waals surface area (Å²) in [6, 6.07) is 7.44. The number of carbonyl (C=O) groups is 1. The van der Waals surface area contributed by atoms with E-state index in [0.717, 1.165) is 37.3 Å². The van der Waals surface area contributed by atoms with Crippen LogP contribution in [0.5, 0.6) is 0 Å². The van der Waals surface area contributed by atoms with Gasteiger partial charge < -0.3 is 4.74 Å². The first-order valence-electron chi connectivity index (χ1n) is 12.7. The Bertz CT molecular complexity index is 690. The van der Waals surface area contributed by atoms with E-state index < -0.39 is 23.8 Å². The fourth-order valence-corrected chi connectivity index (χ4v) is 3.83. The van der Waals surface area contributed by atoms with E-state index in [1.54, 1.807) is 19.1 Å². The number of halogens is 3. The van der Waals surface area contributed by atoms with Crippen molar-refractivity contribution in [3.8, 4) is 0 Å². The lowest BCUT2D eigenvalue weighted by Gasteiger charge is -2.16. The van der Waals surface area contributed by atoms with Crippen molar-refractivity contribution in [2.24, 2.45) is 5.92 Å². The molecule has 1 rings (SSSR count). The van der Waals surface area contributed by atoms with E-state index in [-0.39, 0.29) is 6.42 Å². The number of alkyl halides is 3. The van der Waals surface area contributed by atoms with Gasteiger partial charge in [-0.1, -0.05) is 103 Å². The van der Waals surface area contributed by atoms with E-state index in [0.29, 0.717) is 17.9 Å². The maximum atomic E-state index is 13.4. The van der Waals surface area contributed by atoms with E-state index >= 15 is 0 Å². The van der Waals surface area contributed by atoms with Gasteiger partial charge in [0.2, 0.25) is 5.76 Å². The van der Waals surface area contributed by atoms with E-state index in [2.05, 4.69) is 20.8 Å². The van der Waals surface area contributed by atoms with Crippen LogP contribution >= 0.6 is 0 Å². The maximum Gasteiger partial charge on any atom is 0.449 e. The minimum absolute atomic E-state index is 0.261. The van der Waals surface area contributed by atoms with Gasteiger partial charge in [-0.25, -0.2) is 0 Å². The predicted octanol–water partition coefficient (Wildman–Crippen LogP) is 9.29. The summed E-state index contributed by atoms with van der Waals surface area (Å²) < 4.78 is 44.9. The van der Waals surface area contributed by atoms with E-state index in [4.69, 9.17) is 4.74 Å². The summed E-state index contributed by atoms with van der Waals surface area (Å²) in [6.45, 7) is 8.02. The van der Waals surface area contributed by atoms with Gasteiger partial charge in [-0.15, -0.1) is 0 Å².